The zero-order valence-corrected chi connectivity index (χ0v) is 13.5. The van der Waals surface area contributed by atoms with Gasteiger partial charge in [-0.05, 0) is 18.2 Å². The zero-order chi connectivity index (χ0) is 17.1. The molecule has 0 atom stereocenters. The van der Waals surface area contributed by atoms with Gasteiger partial charge < -0.3 is 9.32 Å². The van der Waals surface area contributed by atoms with E-state index in [-0.39, 0.29) is 22.5 Å². The molecule has 0 bridgehead atoms. The highest BCUT2D eigenvalue weighted by molar-refractivity contribution is 6.11. The van der Waals surface area contributed by atoms with Gasteiger partial charge in [0.15, 0.2) is 0 Å². The van der Waals surface area contributed by atoms with E-state index in [4.69, 9.17) is 4.42 Å². The van der Waals surface area contributed by atoms with E-state index in [1.54, 1.807) is 60.8 Å². The van der Waals surface area contributed by atoms with Gasteiger partial charge in [-0.15, -0.1) is 0 Å². The SMILES string of the molecule is CN(C)/C=C/c1oc2ccccc2c(=O)c1C(=O)c1ccccc1. The zero-order valence-electron chi connectivity index (χ0n) is 13.5. The molecule has 0 spiro atoms. The van der Waals surface area contributed by atoms with Crippen LogP contribution < -0.4 is 5.43 Å². The minimum Gasteiger partial charge on any atom is -0.456 e. The van der Waals surface area contributed by atoms with Crippen molar-refractivity contribution in [2.45, 2.75) is 0 Å². The summed E-state index contributed by atoms with van der Waals surface area (Å²) < 4.78 is 5.83. The van der Waals surface area contributed by atoms with E-state index in [0.29, 0.717) is 16.5 Å². The maximum Gasteiger partial charge on any atom is 0.204 e. The highest BCUT2D eigenvalue weighted by Gasteiger charge is 2.20. The first kappa shape index (κ1) is 15.7. The molecule has 0 amide bonds. The Balaban J connectivity index is 2.27. The fourth-order valence-corrected chi connectivity index (χ4v) is 2.44. The molecule has 4 heteroatoms. The van der Waals surface area contributed by atoms with E-state index in [1.807, 2.05) is 25.1 Å². The lowest BCUT2D eigenvalue weighted by Crippen LogP contribution is -2.18. The molecule has 1 heterocycles. The van der Waals surface area contributed by atoms with Crippen molar-refractivity contribution in [1.29, 1.82) is 0 Å². The standard InChI is InChI=1S/C20H17NO3/c1-21(2)13-12-17-18(19(22)14-8-4-3-5-9-14)20(23)15-10-6-7-11-16(15)24-17/h3-13H,1-2H3/b13-12+. The molecule has 120 valence electrons. The number of carbonyl (C=O) groups is 1. The van der Waals surface area contributed by atoms with E-state index in [2.05, 4.69) is 0 Å². The maximum atomic E-state index is 12.9. The fourth-order valence-electron chi connectivity index (χ4n) is 2.44. The molecule has 0 unspecified atom stereocenters. The third-order valence-corrected chi connectivity index (χ3v) is 3.61. The molecule has 0 radical (unpaired) electrons. The minimum absolute atomic E-state index is 0.0537. The highest BCUT2D eigenvalue weighted by Crippen LogP contribution is 2.19. The van der Waals surface area contributed by atoms with Crippen LogP contribution in [-0.4, -0.2) is 24.8 Å². The summed E-state index contributed by atoms with van der Waals surface area (Å²) in [6.45, 7) is 0. The third-order valence-electron chi connectivity index (χ3n) is 3.61. The molecule has 3 rings (SSSR count). The van der Waals surface area contributed by atoms with Crippen LogP contribution >= 0.6 is 0 Å². The Kier molecular flexibility index (Phi) is 4.29. The summed E-state index contributed by atoms with van der Waals surface area (Å²) in [5.41, 5.74) is 0.659. The Bertz CT molecular complexity index is 969. The number of hydrogen-bond donors (Lipinski definition) is 0. The number of carbonyl (C=O) groups excluding carboxylic acids is 1. The second kappa shape index (κ2) is 6.54. The predicted octanol–water partition coefficient (Wildman–Crippen LogP) is 3.56. The summed E-state index contributed by atoms with van der Waals surface area (Å²) in [5.74, 6) is -0.0743. The molecule has 1 aromatic heterocycles. The number of benzene rings is 2. The van der Waals surface area contributed by atoms with Crippen molar-refractivity contribution in [3.05, 3.63) is 87.9 Å². The maximum absolute atomic E-state index is 12.9. The Hall–Kier alpha value is -3.14. The summed E-state index contributed by atoms with van der Waals surface area (Å²) in [6.07, 6.45) is 3.39. The smallest absolute Gasteiger partial charge is 0.204 e. The first-order valence-electron chi connectivity index (χ1n) is 7.58. The average Bonchev–Trinajstić information content (AvgIpc) is 2.60. The largest absolute Gasteiger partial charge is 0.456 e. The molecule has 3 aromatic rings. The van der Waals surface area contributed by atoms with E-state index < -0.39 is 0 Å². The molecule has 0 aliphatic rings. The molecule has 0 N–H and O–H groups in total. The molecule has 0 aliphatic heterocycles. The summed E-state index contributed by atoms with van der Waals surface area (Å²) in [7, 11) is 3.71. The number of hydrogen-bond acceptors (Lipinski definition) is 4. The van der Waals surface area contributed by atoms with E-state index in [1.165, 1.54) is 0 Å². The predicted molar refractivity (Wildman–Crippen MR) is 95.1 cm³/mol. The van der Waals surface area contributed by atoms with Gasteiger partial charge in [0.2, 0.25) is 11.2 Å². The van der Waals surface area contributed by atoms with Crippen LogP contribution in [0.2, 0.25) is 0 Å². The average molecular weight is 319 g/mol. The highest BCUT2D eigenvalue weighted by atomic mass is 16.3. The topological polar surface area (TPSA) is 50.5 Å². The van der Waals surface area contributed by atoms with Crippen molar-refractivity contribution in [2.75, 3.05) is 14.1 Å². The Labute approximate surface area is 139 Å². The quantitative estimate of drug-likeness (QED) is 0.690. The van der Waals surface area contributed by atoms with Gasteiger partial charge >= 0.3 is 0 Å². The second-order valence-electron chi connectivity index (χ2n) is 5.64. The van der Waals surface area contributed by atoms with Gasteiger partial charge in [-0.25, -0.2) is 0 Å². The van der Waals surface area contributed by atoms with E-state index in [0.717, 1.165) is 0 Å². The molecule has 0 fully saturated rings. The fraction of sp³-hybridized carbons (Fsp3) is 0.100. The number of fused-ring (bicyclic) bond motifs is 1. The molecule has 2 aromatic carbocycles. The Morgan fingerprint density at radius 2 is 1.67 bits per heavy atom. The van der Waals surface area contributed by atoms with Crippen LogP contribution in [0.5, 0.6) is 0 Å². The lowest BCUT2D eigenvalue weighted by atomic mass is 10.0. The van der Waals surface area contributed by atoms with Gasteiger partial charge in [-0.2, -0.15) is 0 Å². The van der Waals surface area contributed by atoms with E-state index in [9.17, 15) is 9.59 Å². The Morgan fingerprint density at radius 1 is 1.00 bits per heavy atom. The van der Waals surface area contributed by atoms with E-state index >= 15 is 0 Å². The van der Waals surface area contributed by atoms with Crippen LogP contribution in [0.1, 0.15) is 21.7 Å². The van der Waals surface area contributed by atoms with Crippen LogP contribution in [0.25, 0.3) is 17.0 Å². The monoisotopic (exact) mass is 319 g/mol. The van der Waals surface area contributed by atoms with Gasteiger partial charge in [-0.3, -0.25) is 9.59 Å². The summed E-state index contributed by atoms with van der Waals surface area (Å²) in [5, 5.41) is 0.402. The van der Waals surface area contributed by atoms with Crippen LogP contribution in [0.15, 0.2) is 70.0 Å². The lowest BCUT2D eigenvalue weighted by molar-refractivity contribution is 0.103. The third kappa shape index (κ3) is 2.99. The first-order valence-corrected chi connectivity index (χ1v) is 7.58. The molecule has 0 saturated carbocycles. The van der Waals surface area contributed by atoms with Crippen LogP contribution in [0, 0.1) is 0 Å². The van der Waals surface area contributed by atoms with Gasteiger partial charge in [-0.1, -0.05) is 42.5 Å². The molecular weight excluding hydrogens is 302 g/mol. The van der Waals surface area contributed by atoms with Crippen LogP contribution in [-0.2, 0) is 0 Å². The number of nitrogens with zero attached hydrogens (tertiary/aromatic N) is 1. The van der Waals surface area contributed by atoms with Crippen molar-refractivity contribution in [3.8, 4) is 0 Å². The molecule has 4 nitrogen and oxygen atoms in total. The molecule has 0 saturated heterocycles. The number of rotatable bonds is 4. The minimum atomic E-state index is -0.339. The summed E-state index contributed by atoms with van der Waals surface area (Å²) in [6, 6.07) is 15.7. The van der Waals surface area contributed by atoms with Crippen LogP contribution in [0.4, 0.5) is 0 Å². The normalized spacial score (nSPS) is 11.1. The van der Waals surface area contributed by atoms with Crippen molar-refractivity contribution >= 4 is 22.8 Å². The number of para-hydroxylation sites is 1. The molecule has 24 heavy (non-hydrogen) atoms. The van der Waals surface area contributed by atoms with Crippen molar-refractivity contribution < 1.29 is 9.21 Å². The van der Waals surface area contributed by atoms with Crippen molar-refractivity contribution in [1.82, 2.24) is 4.90 Å². The summed E-state index contributed by atoms with van der Waals surface area (Å²) >= 11 is 0. The van der Waals surface area contributed by atoms with Gasteiger partial charge in [0.25, 0.3) is 0 Å². The van der Waals surface area contributed by atoms with Crippen molar-refractivity contribution in [2.24, 2.45) is 0 Å². The molecular formula is C20H17NO3. The van der Waals surface area contributed by atoms with Crippen molar-refractivity contribution in [3.63, 3.8) is 0 Å². The second-order valence-corrected chi connectivity index (χ2v) is 5.64. The summed E-state index contributed by atoms with van der Waals surface area (Å²) in [4.78, 5) is 27.6. The first-order chi connectivity index (χ1) is 11.6. The Morgan fingerprint density at radius 3 is 2.38 bits per heavy atom. The van der Waals surface area contributed by atoms with Crippen LogP contribution in [0.3, 0.4) is 0 Å². The van der Waals surface area contributed by atoms with Gasteiger partial charge in [0.1, 0.15) is 16.9 Å². The number of ketones is 1. The molecule has 0 aliphatic carbocycles. The van der Waals surface area contributed by atoms with Gasteiger partial charge in [0.05, 0.1) is 5.39 Å². The van der Waals surface area contributed by atoms with Gasteiger partial charge in [0, 0.05) is 25.9 Å². The lowest BCUT2D eigenvalue weighted by Gasteiger charge is -2.08.